The lowest BCUT2D eigenvalue weighted by Crippen LogP contribution is -2.29. The highest BCUT2D eigenvalue weighted by molar-refractivity contribution is 5.95. The van der Waals surface area contributed by atoms with Crippen LogP contribution in [0.4, 0.5) is 5.69 Å². The fraction of sp³-hybridized carbons (Fsp3) is 0.632. The van der Waals surface area contributed by atoms with Crippen LogP contribution in [0.2, 0.25) is 0 Å². The van der Waals surface area contributed by atoms with Gasteiger partial charge in [0.2, 0.25) is 5.91 Å². The van der Waals surface area contributed by atoms with Crippen LogP contribution in [-0.4, -0.2) is 36.5 Å². The lowest BCUT2D eigenvalue weighted by molar-refractivity contribution is -0.117. The maximum Gasteiger partial charge on any atom is 0.227 e. The monoisotopic (exact) mass is 298 g/mol. The second kappa shape index (κ2) is 5.69. The van der Waals surface area contributed by atoms with E-state index in [9.17, 15) is 4.79 Å². The Kier molecular flexibility index (Phi) is 3.69. The van der Waals surface area contributed by atoms with Crippen molar-refractivity contribution in [1.29, 1.82) is 0 Å². The van der Waals surface area contributed by atoms with Crippen LogP contribution >= 0.6 is 0 Å². The van der Waals surface area contributed by atoms with Crippen LogP contribution in [0.15, 0.2) is 24.3 Å². The number of carbonyl (C=O) groups is 1. The van der Waals surface area contributed by atoms with Gasteiger partial charge in [-0.05, 0) is 68.7 Å². The summed E-state index contributed by atoms with van der Waals surface area (Å²) in [6.45, 7) is 5.82. The van der Waals surface area contributed by atoms with Crippen molar-refractivity contribution in [3.63, 3.8) is 0 Å². The van der Waals surface area contributed by atoms with E-state index in [1.165, 1.54) is 37.9 Å². The third kappa shape index (κ3) is 2.67. The lowest BCUT2D eigenvalue weighted by Gasteiger charge is -2.21. The molecule has 0 N–H and O–H groups in total. The van der Waals surface area contributed by atoms with Gasteiger partial charge in [0.25, 0.3) is 0 Å². The van der Waals surface area contributed by atoms with Gasteiger partial charge in [-0.25, -0.2) is 0 Å². The normalized spacial score (nSPS) is 32.0. The van der Waals surface area contributed by atoms with Crippen molar-refractivity contribution in [3.05, 3.63) is 29.8 Å². The molecule has 4 rings (SSSR count). The molecular formula is C19H26N2O. The van der Waals surface area contributed by atoms with Crippen LogP contribution in [-0.2, 0) is 4.79 Å². The third-order valence-electron chi connectivity index (χ3n) is 5.79. The van der Waals surface area contributed by atoms with Crippen molar-refractivity contribution < 1.29 is 4.79 Å². The Balaban J connectivity index is 1.37. The fourth-order valence-electron chi connectivity index (χ4n) is 4.25. The summed E-state index contributed by atoms with van der Waals surface area (Å²) in [5.41, 5.74) is 2.55. The first-order valence-electron chi connectivity index (χ1n) is 8.87. The second-order valence-electron chi connectivity index (χ2n) is 7.33. The average molecular weight is 298 g/mol. The zero-order valence-corrected chi connectivity index (χ0v) is 13.5. The van der Waals surface area contributed by atoms with Crippen LogP contribution in [0.3, 0.4) is 0 Å². The lowest BCUT2D eigenvalue weighted by atomic mass is 10.1. The van der Waals surface area contributed by atoms with E-state index in [0.717, 1.165) is 36.5 Å². The largest absolute Gasteiger partial charge is 0.312 e. The third-order valence-corrected chi connectivity index (χ3v) is 5.79. The molecule has 1 aromatic carbocycles. The van der Waals surface area contributed by atoms with Gasteiger partial charge in [0.15, 0.2) is 0 Å². The Morgan fingerprint density at radius 3 is 2.59 bits per heavy atom. The number of carbonyl (C=O) groups excluding carboxylic acids is 1. The standard InChI is InChI=1S/C19H26N2O/c1-14-4-2-10-20(14)13-16-12-18(16)15-6-8-17(9-7-15)21-11-3-5-19(21)22/h6-9,14,16,18H,2-5,10-13H2,1H3/t14-,16+,18+/m0/s1. The van der Waals surface area contributed by atoms with Crippen molar-refractivity contribution >= 4 is 11.6 Å². The molecule has 3 fully saturated rings. The van der Waals surface area contributed by atoms with E-state index < -0.39 is 0 Å². The van der Waals surface area contributed by atoms with Gasteiger partial charge in [0.1, 0.15) is 0 Å². The summed E-state index contributed by atoms with van der Waals surface area (Å²) >= 11 is 0. The number of amides is 1. The summed E-state index contributed by atoms with van der Waals surface area (Å²) in [4.78, 5) is 16.4. The molecule has 22 heavy (non-hydrogen) atoms. The minimum absolute atomic E-state index is 0.278. The fourth-order valence-corrected chi connectivity index (χ4v) is 4.25. The number of benzene rings is 1. The number of nitrogens with zero attached hydrogens (tertiary/aromatic N) is 2. The number of hydrogen-bond donors (Lipinski definition) is 0. The molecule has 1 saturated carbocycles. The van der Waals surface area contributed by atoms with Crippen molar-refractivity contribution in [2.45, 2.75) is 51.0 Å². The summed E-state index contributed by atoms with van der Waals surface area (Å²) in [6, 6.07) is 9.57. The minimum atomic E-state index is 0.278. The molecule has 2 heterocycles. The Hall–Kier alpha value is -1.35. The molecule has 0 radical (unpaired) electrons. The highest BCUT2D eigenvalue weighted by atomic mass is 16.2. The van der Waals surface area contributed by atoms with E-state index in [0.29, 0.717) is 6.42 Å². The molecule has 2 aliphatic heterocycles. The van der Waals surface area contributed by atoms with E-state index in [-0.39, 0.29) is 5.91 Å². The Bertz CT molecular complexity index is 553. The van der Waals surface area contributed by atoms with Gasteiger partial charge in [-0.3, -0.25) is 4.79 Å². The molecule has 2 saturated heterocycles. The molecule has 3 atom stereocenters. The van der Waals surface area contributed by atoms with Gasteiger partial charge >= 0.3 is 0 Å². The van der Waals surface area contributed by atoms with E-state index in [2.05, 4.69) is 36.1 Å². The number of anilines is 1. The first-order chi connectivity index (χ1) is 10.7. The summed E-state index contributed by atoms with van der Waals surface area (Å²) in [5, 5.41) is 0. The van der Waals surface area contributed by atoms with Gasteiger partial charge in [0.05, 0.1) is 0 Å². The Labute approximate surface area is 133 Å². The van der Waals surface area contributed by atoms with Gasteiger partial charge < -0.3 is 9.80 Å². The average Bonchev–Trinajstić information content (AvgIpc) is 2.97. The summed E-state index contributed by atoms with van der Waals surface area (Å²) in [7, 11) is 0. The van der Waals surface area contributed by atoms with E-state index in [1.807, 2.05) is 4.90 Å². The van der Waals surface area contributed by atoms with Crippen molar-refractivity contribution in [2.75, 3.05) is 24.5 Å². The smallest absolute Gasteiger partial charge is 0.227 e. The molecule has 0 unspecified atom stereocenters. The summed E-state index contributed by atoms with van der Waals surface area (Å²) < 4.78 is 0. The van der Waals surface area contributed by atoms with Crippen molar-refractivity contribution in [2.24, 2.45) is 5.92 Å². The molecule has 1 aliphatic carbocycles. The Morgan fingerprint density at radius 1 is 1.14 bits per heavy atom. The quantitative estimate of drug-likeness (QED) is 0.850. The molecule has 118 valence electrons. The molecule has 1 aromatic rings. The zero-order valence-electron chi connectivity index (χ0n) is 13.5. The molecule has 3 aliphatic rings. The van der Waals surface area contributed by atoms with E-state index in [1.54, 1.807) is 0 Å². The number of hydrogen-bond acceptors (Lipinski definition) is 2. The van der Waals surface area contributed by atoms with Crippen LogP contribution in [0, 0.1) is 5.92 Å². The predicted octanol–water partition coefficient (Wildman–Crippen LogP) is 3.40. The second-order valence-corrected chi connectivity index (χ2v) is 7.33. The summed E-state index contributed by atoms with van der Waals surface area (Å²) in [6.07, 6.45) is 5.79. The molecule has 3 nitrogen and oxygen atoms in total. The Morgan fingerprint density at radius 2 is 1.95 bits per heavy atom. The zero-order chi connectivity index (χ0) is 15.1. The number of rotatable bonds is 4. The van der Waals surface area contributed by atoms with E-state index in [4.69, 9.17) is 0 Å². The summed E-state index contributed by atoms with van der Waals surface area (Å²) in [5.74, 6) is 1.87. The molecule has 0 spiro atoms. The van der Waals surface area contributed by atoms with Gasteiger partial charge in [0, 0.05) is 31.2 Å². The molecule has 0 aromatic heterocycles. The first kappa shape index (κ1) is 14.3. The molecule has 1 amide bonds. The van der Waals surface area contributed by atoms with Gasteiger partial charge in [-0.15, -0.1) is 0 Å². The maximum absolute atomic E-state index is 11.8. The van der Waals surface area contributed by atoms with Crippen molar-refractivity contribution in [3.8, 4) is 0 Å². The highest BCUT2D eigenvalue weighted by Gasteiger charge is 2.40. The van der Waals surface area contributed by atoms with Crippen LogP contribution in [0.5, 0.6) is 0 Å². The topological polar surface area (TPSA) is 23.6 Å². The predicted molar refractivity (Wildman–Crippen MR) is 89.1 cm³/mol. The number of likely N-dealkylation sites (tertiary alicyclic amines) is 1. The van der Waals surface area contributed by atoms with Crippen molar-refractivity contribution in [1.82, 2.24) is 4.90 Å². The van der Waals surface area contributed by atoms with Crippen LogP contribution in [0.1, 0.15) is 50.5 Å². The minimum Gasteiger partial charge on any atom is -0.312 e. The molecule has 0 bridgehead atoms. The van der Waals surface area contributed by atoms with E-state index >= 15 is 0 Å². The maximum atomic E-state index is 11.8. The van der Waals surface area contributed by atoms with Gasteiger partial charge in [-0.1, -0.05) is 12.1 Å². The van der Waals surface area contributed by atoms with Crippen LogP contribution < -0.4 is 4.90 Å². The highest BCUT2D eigenvalue weighted by Crippen LogP contribution is 2.48. The first-order valence-corrected chi connectivity index (χ1v) is 8.87. The molecular weight excluding hydrogens is 272 g/mol. The SMILES string of the molecule is C[C@H]1CCCN1C[C@H]1C[C@@H]1c1ccc(N2CCCC2=O)cc1. The van der Waals surface area contributed by atoms with Gasteiger partial charge in [-0.2, -0.15) is 0 Å². The molecule has 3 heteroatoms. The van der Waals surface area contributed by atoms with Crippen LogP contribution in [0.25, 0.3) is 0 Å².